The topological polar surface area (TPSA) is 73.9 Å². The van der Waals surface area contributed by atoms with E-state index in [1.54, 1.807) is 4.90 Å². The third kappa shape index (κ3) is 7.97. The summed E-state index contributed by atoms with van der Waals surface area (Å²) in [4.78, 5) is 29.5. The predicted octanol–water partition coefficient (Wildman–Crippen LogP) is 3.90. The molecule has 3 atom stereocenters. The van der Waals surface area contributed by atoms with E-state index < -0.39 is 0 Å². The van der Waals surface area contributed by atoms with Crippen LogP contribution in [0.1, 0.15) is 24.8 Å². The number of methoxy groups -OCH3 is 1. The Labute approximate surface area is 217 Å². The Balaban J connectivity index is 1.38. The number of halogens is 2. The Hall–Kier alpha value is -3.04. The maximum Gasteiger partial charge on any atom is 0.319 e. The third-order valence-corrected chi connectivity index (χ3v) is 7.33. The Morgan fingerprint density at radius 1 is 0.973 bits per heavy atom. The summed E-state index contributed by atoms with van der Waals surface area (Å²) < 4.78 is 31.5. The highest BCUT2D eigenvalue weighted by Crippen LogP contribution is 2.25. The molecule has 2 saturated heterocycles. The second kappa shape index (κ2) is 13.0. The van der Waals surface area contributed by atoms with Crippen LogP contribution in [0.15, 0.2) is 48.5 Å². The number of anilines is 1. The van der Waals surface area contributed by atoms with Crippen LogP contribution in [-0.2, 0) is 16.0 Å². The molecule has 2 aromatic carbocycles. The van der Waals surface area contributed by atoms with Gasteiger partial charge >= 0.3 is 6.03 Å². The molecule has 0 saturated carbocycles. The SMILES string of the molecule is COCC(=O)N1CC[C@@H](CN2CCCC(Cc3ccc(F)cc3)C2)[C@@H](NC(=O)Nc2ccc(F)cc2)C1. The van der Waals surface area contributed by atoms with Gasteiger partial charge in [-0.15, -0.1) is 0 Å². The Morgan fingerprint density at radius 3 is 2.38 bits per heavy atom. The number of amides is 3. The number of benzene rings is 2. The second-order valence-corrected chi connectivity index (χ2v) is 10.1. The highest BCUT2D eigenvalue weighted by molar-refractivity contribution is 5.89. The van der Waals surface area contributed by atoms with Crippen LogP contribution in [0.5, 0.6) is 0 Å². The Kier molecular flexibility index (Phi) is 9.46. The zero-order valence-corrected chi connectivity index (χ0v) is 21.3. The quantitative estimate of drug-likeness (QED) is 0.561. The van der Waals surface area contributed by atoms with Crippen molar-refractivity contribution < 1.29 is 23.1 Å². The highest BCUT2D eigenvalue weighted by atomic mass is 19.1. The molecular weight excluding hydrogens is 478 g/mol. The zero-order valence-electron chi connectivity index (χ0n) is 21.3. The number of hydrogen-bond acceptors (Lipinski definition) is 4. The number of carbonyl (C=O) groups is 2. The largest absolute Gasteiger partial charge is 0.375 e. The number of ether oxygens (including phenoxy) is 1. The van der Waals surface area contributed by atoms with Gasteiger partial charge in [-0.25, -0.2) is 13.6 Å². The molecule has 4 rings (SSSR count). The molecule has 2 aliphatic rings. The van der Waals surface area contributed by atoms with Gasteiger partial charge in [0, 0.05) is 39.0 Å². The lowest BCUT2D eigenvalue weighted by Gasteiger charge is -2.42. The first-order chi connectivity index (χ1) is 17.9. The van der Waals surface area contributed by atoms with Crippen molar-refractivity contribution in [2.24, 2.45) is 11.8 Å². The third-order valence-electron chi connectivity index (χ3n) is 7.33. The van der Waals surface area contributed by atoms with Crippen LogP contribution in [0.4, 0.5) is 19.3 Å². The molecule has 2 aliphatic heterocycles. The van der Waals surface area contributed by atoms with Gasteiger partial charge in [-0.2, -0.15) is 0 Å². The van der Waals surface area contributed by atoms with Gasteiger partial charge in [-0.05, 0) is 86.0 Å². The first kappa shape index (κ1) is 27.0. The number of urea groups is 1. The summed E-state index contributed by atoms with van der Waals surface area (Å²) >= 11 is 0. The molecule has 0 aromatic heterocycles. The number of rotatable bonds is 8. The van der Waals surface area contributed by atoms with Crippen molar-refractivity contribution in [2.45, 2.75) is 31.7 Å². The first-order valence-electron chi connectivity index (χ1n) is 13.0. The van der Waals surface area contributed by atoms with Gasteiger partial charge in [-0.3, -0.25) is 4.79 Å². The summed E-state index contributed by atoms with van der Waals surface area (Å²) in [6.45, 7) is 3.82. The van der Waals surface area contributed by atoms with Gasteiger partial charge in [0.1, 0.15) is 18.2 Å². The summed E-state index contributed by atoms with van der Waals surface area (Å²) in [5.74, 6) is -0.00820. The lowest BCUT2D eigenvalue weighted by Crippen LogP contribution is -2.57. The van der Waals surface area contributed by atoms with Crippen molar-refractivity contribution in [1.29, 1.82) is 0 Å². The minimum atomic E-state index is -0.379. The number of piperidine rings is 2. The standard InChI is InChI=1S/C28H36F2N4O3/c1-37-19-27(35)34-14-12-22(26(18-34)32-28(36)31-25-10-8-24(30)9-11-25)17-33-13-2-3-21(16-33)15-20-4-6-23(29)7-5-20/h4-11,21-22,26H,2-3,12-19H2,1H3,(H2,31,32,36)/t21?,22-,26-/m0/s1. The second-order valence-electron chi connectivity index (χ2n) is 10.1. The van der Waals surface area contributed by atoms with Gasteiger partial charge in [0.2, 0.25) is 5.91 Å². The average Bonchev–Trinajstić information content (AvgIpc) is 2.88. The fraction of sp³-hybridized carbons (Fsp3) is 0.500. The van der Waals surface area contributed by atoms with E-state index in [0.29, 0.717) is 24.7 Å². The van der Waals surface area contributed by atoms with E-state index in [4.69, 9.17) is 4.74 Å². The molecule has 3 amide bonds. The molecule has 200 valence electrons. The fourth-order valence-corrected chi connectivity index (χ4v) is 5.46. The Bertz CT molecular complexity index is 1030. The fourth-order valence-electron chi connectivity index (χ4n) is 5.46. The van der Waals surface area contributed by atoms with Crippen LogP contribution in [0.25, 0.3) is 0 Å². The number of carbonyl (C=O) groups excluding carboxylic acids is 2. The number of nitrogens with one attached hydrogen (secondary N) is 2. The maximum absolute atomic E-state index is 13.3. The maximum atomic E-state index is 13.3. The van der Waals surface area contributed by atoms with Gasteiger partial charge < -0.3 is 25.2 Å². The van der Waals surface area contributed by atoms with Crippen LogP contribution in [0, 0.1) is 23.5 Å². The van der Waals surface area contributed by atoms with Gasteiger partial charge in [-0.1, -0.05) is 12.1 Å². The molecule has 2 N–H and O–H groups in total. The van der Waals surface area contributed by atoms with E-state index >= 15 is 0 Å². The molecular formula is C28H36F2N4O3. The first-order valence-corrected chi connectivity index (χ1v) is 13.0. The van der Waals surface area contributed by atoms with Crippen LogP contribution in [0.2, 0.25) is 0 Å². The molecule has 2 fully saturated rings. The van der Waals surface area contributed by atoms with E-state index in [-0.39, 0.29) is 42.1 Å². The smallest absolute Gasteiger partial charge is 0.319 e. The van der Waals surface area contributed by atoms with Crippen LogP contribution >= 0.6 is 0 Å². The molecule has 0 aliphatic carbocycles. The molecule has 0 bridgehead atoms. The summed E-state index contributed by atoms with van der Waals surface area (Å²) in [6.07, 6.45) is 3.93. The summed E-state index contributed by atoms with van der Waals surface area (Å²) in [6, 6.07) is 11.8. The molecule has 7 nitrogen and oxygen atoms in total. The number of likely N-dealkylation sites (tertiary alicyclic amines) is 2. The van der Waals surface area contributed by atoms with Gasteiger partial charge in [0.25, 0.3) is 0 Å². The molecule has 9 heteroatoms. The van der Waals surface area contributed by atoms with Crippen LogP contribution in [-0.4, -0.2) is 74.2 Å². The Morgan fingerprint density at radius 2 is 1.68 bits per heavy atom. The van der Waals surface area contributed by atoms with Crippen molar-refractivity contribution >= 4 is 17.6 Å². The molecule has 2 aromatic rings. The summed E-state index contributed by atoms with van der Waals surface area (Å²) in [7, 11) is 1.50. The number of hydrogen-bond donors (Lipinski definition) is 2. The normalized spacial score (nSPS) is 22.5. The molecule has 2 heterocycles. The van der Waals surface area contributed by atoms with Crippen molar-refractivity contribution in [3.8, 4) is 0 Å². The van der Waals surface area contributed by atoms with E-state index in [1.807, 2.05) is 12.1 Å². The van der Waals surface area contributed by atoms with Crippen molar-refractivity contribution in [3.63, 3.8) is 0 Å². The summed E-state index contributed by atoms with van der Waals surface area (Å²) in [5.41, 5.74) is 1.65. The van der Waals surface area contributed by atoms with Gasteiger partial charge in [0.15, 0.2) is 0 Å². The highest BCUT2D eigenvalue weighted by Gasteiger charge is 2.34. The van der Waals surface area contributed by atoms with Crippen molar-refractivity contribution in [2.75, 3.05) is 51.8 Å². The van der Waals surface area contributed by atoms with Crippen LogP contribution < -0.4 is 10.6 Å². The lowest BCUT2D eigenvalue weighted by atomic mass is 9.87. The molecule has 0 spiro atoms. The van der Waals surface area contributed by atoms with Crippen LogP contribution in [0.3, 0.4) is 0 Å². The van der Waals surface area contributed by atoms with E-state index in [2.05, 4.69) is 15.5 Å². The monoisotopic (exact) mass is 514 g/mol. The van der Waals surface area contributed by atoms with Gasteiger partial charge in [0.05, 0.1) is 6.04 Å². The molecule has 0 radical (unpaired) electrons. The zero-order chi connectivity index (χ0) is 26.2. The minimum absolute atomic E-state index is 0.0103. The predicted molar refractivity (Wildman–Crippen MR) is 138 cm³/mol. The van der Waals surface area contributed by atoms with Crippen molar-refractivity contribution in [1.82, 2.24) is 15.1 Å². The van der Waals surface area contributed by atoms with E-state index in [1.165, 1.54) is 43.5 Å². The average molecular weight is 515 g/mol. The summed E-state index contributed by atoms with van der Waals surface area (Å²) in [5, 5.41) is 5.83. The number of nitrogens with zero attached hydrogens (tertiary/aromatic N) is 2. The van der Waals surface area contributed by atoms with E-state index in [0.717, 1.165) is 50.9 Å². The minimum Gasteiger partial charge on any atom is -0.375 e. The molecule has 37 heavy (non-hydrogen) atoms. The molecule has 1 unspecified atom stereocenters. The van der Waals surface area contributed by atoms with E-state index in [9.17, 15) is 18.4 Å². The van der Waals surface area contributed by atoms with Crippen molar-refractivity contribution in [3.05, 3.63) is 65.7 Å². The lowest BCUT2D eigenvalue weighted by molar-refractivity contribution is -0.137.